The lowest BCUT2D eigenvalue weighted by molar-refractivity contribution is 0.470. The van der Waals surface area contributed by atoms with Crippen LogP contribution in [0.4, 0.5) is 0 Å². The normalized spacial score (nSPS) is 13.0. The van der Waals surface area contributed by atoms with E-state index in [9.17, 15) is 10.2 Å². The second-order valence-electron chi connectivity index (χ2n) is 13.4. The molecular weight excluding hydrogens is 597 g/mol. The molecule has 0 saturated carbocycles. The zero-order chi connectivity index (χ0) is 33.3. The van der Waals surface area contributed by atoms with Crippen molar-refractivity contribution in [3.8, 4) is 44.9 Å². The first kappa shape index (κ1) is 29.1. The number of fused-ring (bicyclic) bond motifs is 5. The van der Waals surface area contributed by atoms with E-state index in [1.807, 2.05) is 26.0 Å². The summed E-state index contributed by atoms with van der Waals surface area (Å²) in [4.78, 5) is 0. The molecule has 49 heavy (non-hydrogen) atoms. The van der Waals surface area contributed by atoms with Crippen LogP contribution in [0.1, 0.15) is 33.4 Å². The molecule has 234 valence electrons. The van der Waals surface area contributed by atoms with Gasteiger partial charge in [-0.3, -0.25) is 0 Å². The number of phenols is 2. The van der Waals surface area contributed by atoms with Crippen LogP contribution < -0.4 is 0 Å². The molecule has 0 spiro atoms. The lowest BCUT2D eigenvalue weighted by Gasteiger charge is -2.34. The van der Waals surface area contributed by atoms with Gasteiger partial charge in [-0.2, -0.15) is 0 Å². The van der Waals surface area contributed by atoms with Gasteiger partial charge in [0.05, 0.1) is 5.41 Å². The summed E-state index contributed by atoms with van der Waals surface area (Å²) in [5.74, 6) is 0.551. The maximum atomic E-state index is 10.7. The summed E-state index contributed by atoms with van der Waals surface area (Å²) in [6.07, 6.45) is 0. The molecule has 9 rings (SSSR count). The summed E-state index contributed by atoms with van der Waals surface area (Å²) in [5, 5.41) is 26.2. The Labute approximate surface area is 286 Å². The SMILES string of the molecule is Cc1cc(C2(c3ccc(O)c(C)c3)c3ccc(-c4ccc5ccccc5c4)cc3-c3cc(-c4ccc5ccccc5c4)ccc32)ccc1O. The molecule has 0 heterocycles. The number of rotatable bonds is 4. The van der Waals surface area contributed by atoms with E-state index in [4.69, 9.17) is 0 Å². The third-order valence-corrected chi connectivity index (χ3v) is 10.6. The maximum Gasteiger partial charge on any atom is 0.118 e. The number of hydrogen-bond acceptors (Lipinski definition) is 2. The summed E-state index contributed by atoms with van der Waals surface area (Å²) < 4.78 is 0. The molecule has 0 bridgehead atoms. The summed E-state index contributed by atoms with van der Waals surface area (Å²) in [6, 6.07) is 56.1. The fraction of sp³-hybridized carbons (Fsp3) is 0.0638. The van der Waals surface area contributed by atoms with Crippen molar-refractivity contribution in [1.29, 1.82) is 0 Å². The first-order valence-electron chi connectivity index (χ1n) is 16.8. The molecule has 0 aliphatic heterocycles. The van der Waals surface area contributed by atoms with Gasteiger partial charge in [0.25, 0.3) is 0 Å². The average Bonchev–Trinajstić information content (AvgIpc) is 3.43. The number of aromatic hydroxyl groups is 2. The van der Waals surface area contributed by atoms with Gasteiger partial charge in [0.1, 0.15) is 11.5 Å². The highest BCUT2D eigenvalue weighted by atomic mass is 16.3. The Morgan fingerprint density at radius 3 is 1.18 bits per heavy atom. The van der Waals surface area contributed by atoms with Crippen LogP contribution in [0.15, 0.2) is 158 Å². The number of phenolic OH excluding ortho intramolecular Hbond substituents is 2. The Kier molecular flexibility index (Phi) is 6.50. The molecule has 0 radical (unpaired) electrons. The van der Waals surface area contributed by atoms with Crippen LogP contribution in [0, 0.1) is 13.8 Å². The number of hydrogen-bond donors (Lipinski definition) is 2. The molecule has 2 N–H and O–H groups in total. The van der Waals surface area contributed by atoms with Crippen molar-refractivity contribution in [2.45, 2.75) is 19.3 Å². The second-order valence-corrected chi connectivity index (χ2v) is 13.4. The van der Waals surface area contributed by atoms with E-state index in [0.29, 0.717) is 0 Å². The Balaban J connectivity index is 1.35. The molecule has 8 aromatic rings. The predicted molar refractivity (Wildman–Crippen MR) is 202 cm³/mol. The predicted octanol–water partition coefficient (Wildman–Crippen LogP) is 11.7. The zero-order valence-corrected chi connectivity index (χ0v) is 27.4. The van der Waals surface area contributed by atoms with Gasteiger partial charge < -0.3 is 10.2 Å². The van der Waals surface area contributed by atoms with E-state index in [1.165, 1.54) is 54.9 Å². The molecule has 0 fully saturated rings. The van der Waals surface area contributed by atoms with Crippen molar-refractivity contribution < 1.29 is 10.2 Å². The van der Waals surface area contributed by atoms with Crippen LogP contribution in [-0.2, 0) is 5.41 Å². The van der Waals surface area contributed by atoms with Crippen LogP contribution >= 0.6 is 0 Å². The van der Waals surface area contributed by atoms with Gasteiger partial charge in [-0.25, -0.2) is 0 Å². The third-order valence-electron chi connectivity index (χ3n) is 10.6. The van der Waals surface area contributed by atoms with E-state index in [0.717, 1.165) is 33.4 Å². The van der Waals surface area contributed by atoms with Crippen molar-refractivity contribution in [1.82, 2.24) is 0 Å². The molecule has 0 amide bonds. The standard InChI is InChI=1S/C47H34O2/c1-29-23-39(17-21-45(29)48)47(40-18-22-46(49)30(2)24-40)43-19-15-37(35-13-11-31-7-3-5-9-33(31)25-35)27-41(43)42-28-38(16-20-44(42)47)36-14-12-32-8-4-6-10-34(32)26-36/h3-28,48-49H,1-2H3. The molecule has 1 aliphatic rings. The minimum Gasteiger partial charge on any atom is -0.508 e. The fourth-order valence-corrected chi connectivity index (χ4v) is 8.00. The Morgan fingerprint density at radius 2 is 0.755 bits per heavy atom. The Hall–Kier alpha value is -6.12. The van der Waals surface area contributed by atoms with E-state index in [1.54, 1.807) is 0 Å². The van der Waals surface area contributed by atoms with Crippen LogP contribution in [-0.4, -0.2) is 10.2 Å². The minimum atomic E-state index is -0.675. The van der Waals surface area contributed by atoms with Crippen molar-refractivity contribution in [3.05, 3.63) is 191 Å². The average molecular weight is 631 g/mol. The quantitative estimate of drug-likeness (QED) is 0.203. The molecule has 0 atom stereocenters. The summed E-state index contributed by atoms with van der Waals surface area (Å²) in [6.45, 7) is 3.91. The van der Waals surface area contributed by atoms with Crippen LogP contribution in [0.25, 0.3) is 54.9 Å². The lowest BCUT2D eigenvalue weighted by atomic mass is 9.67. The number of benzene rings is 8. The molecule has 8 aromatic carbocycles. The van der Waals surface area contributed by atoms with E-state index in [2.05, 4.69) is 146 Å². The highest BCUT2D eigenvalue weighted by molar-refractivity contribution is 5.94. The fourth-order valence-electron chi connectivity index (χ4n) is 8.00. The summed E-state index contributed by atoms with van der Waals surface area (Å²) in [7, 11) is 0. The first-order chi connectivity index (χ1) is 23.9. The van der Waals surface area contributed by atoms with Gasteiger partial charge in [-0.15, -0.1) is 0 Å². The Bertz CT molecular complexity index is 2430. The van der Waals surface area contributed by atoms with Crippen molar-refractivity contribution in [3.63, 3.8) is 0 Å². The monoisotopic (exact) mass is 630 g/mol. The third kappa shape index (κ3) is 4.48. The van der Waals surface area contributed by atoms with Gasteiger partial charge in [0.15, 0.2) is 0 Å². The largest absolute Gasteiger partial charge is 0.508 e. The maximum absolute atomic E-state index is 10.7. The molecule has 0 aromatic heterocycles. The number of aryl methyl sites for hydroxylation is 2. The smallest absolute Gasteiger partial charge is 0.118 e. The zero-order valence-electron chi connectivity index (χ0n) is 27.4. The van der Waals surface area contributed by atoms with Crippen LogP contribution in [0.5, 0.6) is 11.5 Å². The molecule has 0 unspecified atom stereocenters. The lowest BCUT2D eigenvalue weighted by Crippen LogP contribution is -2.28. The molecule has 2 heteroatoms. The van der Waals surface area contributed by atoms with E-state index < -0.39 is 5.41 Å². The topological polar surface area (TPSA) is 40.5 Å². The first-order valence-corrected chi connectivity index (χ1v) is 16.8. The highest BCUT2D eigenvalue weighted by Gasteiger charge is 2.46. The minimum absolute atomic E-state index is 0.275. The van der Waals surface area contributed by atoms with Gasteiger partial charge in [-0.1, -0.05) is 121 Å². The van der Waals surface area contributed by atoms with Gasteiger partial charge in [0.2, 0.25) is 0 Å². The van der Waals surface area contributed by atoms with Gasteiger partial charge in [-0.05, 0) is 139 Å². The van der Waals surface area contributed by atoms with Crippen molar-refractivity contribution >= 4 is 21.5 Å². The summed E-state index contributed by atoms with van der Waals surface area (Å²) >= 11 is 0. The molecule has 0 saturated heterocycles. The molecular formula is C47H34O2. The van der Waals surface area contributed by atoms with E-state index in [-0.39, 0.29) is 11.5 Å². The molecule has 1 aliphatic carbocycles. The highest BCUT2D eigenvalue weighted by Crippen LogP contribution is 2.58. The van der Waals surface area contributed by atoms with Crippen LogP contribution in [0.3, 0.4) is 0 Å². The van der Waals surface area contributed by atoms with Gasteiger partial charge >= 0.3 is 0 Å². The van der Waals surface area contributed by atoms with E-state index >= 15 is 0 Å². The second kappa shape index (κ2) is 11.0. The Morgan fingerprint density at radius 1 is 0.367 bits per heavy atom. The van der Waals surface area contributed by atoms with Gasteiger partial charge in [0, 0.05) is 0 Å². The van der Waals surface area contributed by atoms with Crippen molar-refractivity contribution in [2.24, 2.45) is 0 Å². The van der Waals surface area contributed by atoms with Crippen molar-refractivity contribution in [2.75, 3.05) is 0 Å². The van der Waals surface area contributed by atoms with Crippen LogP contribution in [0.2, 0.25) is 0 Å². The molecule has 2 nitrogen and oxygen atoms in total. The summed E-state index contributed by atoms with van der Waals surface area (Å²) in [5.41, 5.74) is 12.5.